The van der Waals surface area contributed by atoms with Crippen LogP contribution in [0.1, 0.15) is 33.3 Å². The van der Waals surface area contributed by atoms with Gasteiger partial charge in [0.25, 0.3) is 0 Å². The molecule has 116 valence electrons. The molecule has 1 heterocycles. The molecule has 1 saturated heterocycles. The number of hydrogen-bond donors (Lipinski definition) is 0. The molecule has 0 spiro atoms. The third-order valence-electron chi connectivity index (χ3n) is 3.91. The minimum absolute atomic E-state index is 0.0226. The average molecular weight is 341 g/mol. The quantitative estimate of drug-likeness (QED) is 0.709. The Morgan fingerprint density at radius 3 is 1.81 bits per heavy atom. The molecular formula is C13H14BCl2F3O2. The normalized spacial score (nSPS) is 20.9. The number of hydrogen-bond acceptors (Lipinski definition) is 2. The van der Waals surface area contributed by atoms with Gasteiger partial charge in [0.1, 0.15) is 0 Å². The van der Waals surface area contributed by atoms with E-state index < -0.39 is 30.1 Å². The van der Waals surface area contributed by atoms with Crippen LogP contribution in [0.25, 0.3) is 0 Å². The van der Waals surface area contributed by atoms with Crippen molar-refractivity contribution in [1.29, 1.82) is 0 Å². The summed E-state index contributed by atoms with van der Waals surface area (Å²) in [6.07, 6.45) is -4.58. The molecule has 1 aromatic carbocycles. The maximum Gasteiger partial charge on any atom is 0.495 e. The van der Waals surface area contributed by atoms with E-state index in [-0.39, 0.29) is 15.5 Å². The fourth-order valence-corrected chi connectivity index (χ4v) is 2.31. The van der Waals surface area contributed by atoms with E-state index in [2.05, 4.69) is 0 Å². The number of benzene rings is 1. The topological polar surface area (TPSA) is 18.5 Å². The molecule has 0 atom stereocenters. The van der Waals surface area contributed by atoms with Crippen LogP contribution in [0, 0.1) is 0 Å². The molecule has 0 saturated carbocycles. The summed E-state index contributed by atoms with van der Waals surface area (Å²) < 4.78 is 50.9. The van der Waals surface area contributed by atoms with E-state index in [4.69, 9.17) is 32.5 Å². The molecule has 1 aliphatic rings. The molecular weight excluding hydrogens is 327 g/mol. The van der Waals surface area contributed by atoms with E-state index in [1.807, 2.05) is 0 Å². The van der Waals surface area contributed by atoms with Crippen molar-refractivity contribution in [2.75, 3.05) is 0 Å². The Morgan fingerprint density at radius 2 is 1.38 bits per heavy atom. The minimum atomic E-state index is -4.58. The van der Waals surface area contributed by atoms with Crippen molar-refractivity contribution in [2.24, 2.45) is 0 Å². The van der Waals surface area contributed by atoms with Gasteiger partial charge in [-0.1, -0.05) is 23.2 Å². The second kappa shape index (κ2) is 5.05. The number of rotatable bonds is 1. The third-order valence-corrected chi connectivity index (χ3v) is 4.63. The molecule has 0 aromatic heterocycles. The summed E-state index contributed by atoms with van der Waals surface area (Å²) >= 11 is 11.5. The van der Waals surface area contributed by atoms with Crippen molar-refractivity contribution in [3.8, 4) is 0 Å². The molecule has 0 radical (unpaired) electrons. The van der Waals surface area contributed by atoms with Crippen LogP contribution in [-0.2, 0) is 15.5 Å². The van der Waals surface area contributed by atoms with E-state index in [1.165, 1.54) is 0 Å². The molecule has 1 fully saturated rings. The monoisotopic (exact) mass is 340 g/mol. The molecule has 0 N–H and O–H groups in total. The molecule has 2 nitrogen and oxygen atoms in total. The van der Waals surface area contributed by atoms with Gasteiger partial charge in [0.05, 0.1) is 26.8 Å². The molecule has 0 aliphatic carbocycles. The fourth-order valence-electron chi connectivity index (χ4n) is 1.97. The lowest BCUT2D eigenvalue weighted by atomic mass is 9.75. The van der Waals surface area contributed by atoms with Gasteiger partial charge in [0, 0.05) is 0 Å². The Morgan fingerprint density at radius 1 is 0.952 bits per heavy atom. The van der Waals surface area contributed by atoms with Crippen LogP contribution in [0.2, 0.25) is 10.0 Å². The van der Waals surface area contributed by atoms with E-state index in [0.717, 1.165) is 12.1 Å². The Labute approximate surface area is 131 Å². The summed E-state index contributed by atoms with van der Waals surface area (Å²) in [5.74, 6) is 0. The van der Waals surface area contributed by atoms with Crippen molar-refractivity contribution in [1.82, 2.24) is 0 Å². The van der Waals surface area contributed by atoms with Crippen LogP contribution >= 0.6 is 23.2 Å². The Bertz CT molecular complexity index is 557. The summed E-state index contributed by atoms with van der Waals surface area (Å²) in [5, 5.41) is -0.140. The lowest BCUT2D eigenvalue weighted by molar-refractivity contribution is -0.136. The maximum absolute atomic E-state index is 13.2. The Kier molecular flexibility index (Phi) is 4.07. The zero-order chi connectivity index (χ0) is 16.2. The molecule has 21 heavy (non-hydrogen) atoms. The lowest BCUT2D eigenvalue weighted by Gasteiger charge is -2.32. The first-order chi connectivity index (χ1) is 9.35. The molecule has 8 heteroatoms. The van der Waals surface area contributed by atoms with Gasteiger partial charge in [-0.25, -0.2) is 0 Å². The summed E-state index contributed by atoms with van der Waals surface area (Å²) in [4.78, 5) is 0. The lowest BCUT2D eigenvalue weighted by Crippen LogP contribution is -2.41. The molecule has 0 amide bonds. The van der Waals surface area contributed by atoms with Crippen molar-refractivity contribution >= 4 is 35.8 Å². The highest BCUT2D eigenvalue weighted by atomic mass is 35.5. The number of alkyl halides is 3. The molecule has 1 aromatic rings. The van der Waals surface area contributed by atoms with Crippen LogP contribution in [0.3, 0.4) is 0 Å². The predicted molar refractivity (Wildman–Crippen MR) is 77.2 cm³/mol. The fraction of sp³-hybridized carbons (Fsp3) is 0.538. The van der Waals surface area contributed by atoms with Gasteiger partial charge in [-0.2, -0.15) is 13.2 Å². The zero-order valence-electron chi connectivity index (χ0n) is 11.9. The van der Waals surface area contributed by atoms with E-state index in [0.29, 0.717) is 0 Å². The summed E-state index contributed by atoms with van der Waals surface area (Å²) in [6, 6.07) is 1.94. The van der Waals surface area contributed by atoms with Gasteiger partial charge in [-0.3, -0.25) is 0 Å². The van der Waals surface area contributed by atoms with E-state index in [1.54, 1.807) is 27.7 Å². The summed E-state index contributed by atoms with van der Waals surface area (Å²) in [7, 11) is -1.15. The van der Waals surface area contributed by atoms with Crippen LogP contribution in [-0.4, -0.2) is 18.3 Å². The van der Waals surface area contributed by atoms with E-state index >= 15 is 0 Å². The first-order valence-corrected chi connectivity index (χ1v) is 7.02. The third kappa shape index (κ3) is 3.04. The highest BCUT2D eigenvalue weighted by molar-refractivity contribution is 6.63. The maximum atomic E-state index is 13.2. The molecule has 0 unspecified atom stereocenters. The van der Waals surface area contributed by atoms with Crippen LogP contribution in [0.4, 0.5) is 13.2 Å². The molecule has 1 aliphatic heterocycles. The SMILES string of the molecule is CC1(C)OB(c2cc(Cl)c(Cl)cc2C(F)(F)F)OC1(C)C. The highest BCUT2D eigenvalue weighted by Crippen LogP contribution is 2.39. The van der Waals surface area contributed by atoms with Crippen molar-refractivity contribution in [2.45, 2.75) is 45.1 Å². The standard InChI is InChI=1S/C13H14BCl2F3O2/c1-11(2)12(3,4)21-14(20-11)8-6-10(16)9(15)5-7(8)13(17,18)19/h5-6H,1-4H3. The zero-order valence-corrected chi connectivity index (χ0v) is 13.5. The van der Waals surface area contributed by atoms with Gasteiger partial charge in [-0.15, -0.1) is 0 Å². The second-order valence-corrected chi connectivity index (χ2v) is 6.75. The van der Waals surface area contributed by atoms with Crippen LogP contribution in [0.15, 0.2) is 12.1 Å². The second-order valence-electron chi connectivity index (χ2n) is 5.94. The van der Waals surface area contributed by atoms with Crippen LogP contribution < -0.4 is 5.46 Å². The minimum Gasteiger partial charge on any atom is -0.399 e. The van der Waals surface area contributed by atoms with Crippen LogP contribution in [0.5, 0.6) is 0 Å². The molecule has 2 rings (SSSR count). The first-order valence-electron chi connectivity index (χ1n) is 6.27. The van der Waals surface area contributed by atoms with Gasteiger partial charge in [0.2, 0.25) is 0 Å². The van der Waals surface area contributed by atoms with Crippen molar-refractivity contribution < 1.29 is 22.5 Å². The largest absolute Gasteiger partial charge is 0.495 e. The average Bonchev–Trinajstić information content (AvgIpc) is 2.50. The Balaban J connectivity index is 2.53. The van der Waals surface area contributed by atoms with Gasteiger partial charge < -0.3 is 9.31 Å². The van der Waals surface area contributed by atoms with E-state index in [9.17, 15) is 13.2 Å². The van der Waals surface area contributed by atoms with Crippen molar-refractivity contribution in [3.63, 3.8) is 0 Å². The van der Waals surface area contributed by atoms with Crippen molar-refractivity contribution in [3.05, 3.63) is 27.7 Å². The first kappa shape index (κ1) is 16.9. The van der Waals surface area contributed by atoms with Gasteiger partial charge in [0.15, 0.2) is 0 Å². The number of halogens is 5. The Hall–Kier alpha value is -0.425. The predicted octanol–water partition coefficient (Wildman–Crippen LogP) is 4.31. The smallest absolute Gasteiger partial charge is 0.399 e. The molecule has 0 bridgehead atoms. The summed E-state index contributed by atoms with van der Waals surface area (Å²) in [6.45, 7) is 7.05. The van der Waals surface area contributed by atoms with Gasteiger partial charge in [-0.05, 0) is 45.3 Å². The highest BCUT2D eigenvalue weighted by Gasteiger charge is 2.53. The summed E-state index contributed by atoms with van der Waals surface area (Å²) in [5.41, 5.74) is -2.56. The van der Waals surface area contributed by atoms with Gasteiger partial charge >= 0.3 is 13.3 Å².